The van der Waals surface area contributed by atoms with Gasteiger partial charge in [0.15, 0.2) is 17.0 Å². The summed E-state index contributed by atoms with van der Waals surface area (Å²) in [7, 11) is 0. The van der Waals surface area contributed by atoms with E-state index in [9.17, 15) is 0 Å². The van der Waals surface area contributed by atoms with Gasteiger partial charge in [0.1, 0.15) is 12.2 Å². The Morgan fingerprint density at radius 1 is 1.10 bits per heavy atom. The van der Waals surface area contributed by atoms with Crippen LogP contribution in [0.15, 0.2) is 6.33 Å². The fourth-order valence-electron chi connectivity index (χ4n) is 3.40. The molecule has 0 spiro atoms. The molecule has 1 fully saturated rings. The van der Waals surface area contributed by atoms with Crippen molar-refractivity contribution in [3.8, 4) is 0 Å². The van der Waals surface area contributed by atoms with Crippen molar-refractivity contribution in [1.29, 1.82) is 0 Å². The van der Waals surface area contributed by atoms with Crippen LogP contribution in [-0.4, -0.2) is 32.6 Å². The molecule has 0 atom stereocenters. The number of piperidine rings is 1. The van der Waals surface area contributed by atoms with Gasteiger partial charge in [-0.15, -0.1) is 0 Å². The lowest BCUT2D eigenvalue weighted by molar-refractivity contribution is 0.437. The predicted octanol–water partition coefficient (Wildman–Crippen LogP) is 2.40. The van der Waals surface area contributed by atoms with Crippen molar-refractivity contribution in [2.45, 2.75) is 45.6 Å². The van der Waals surface area contributed by atoms with Gasteiger partial charge in [0.2, 0.25) is 0 Å². The van der Waals surface area contributed by atoms with E-state index in [4.69, 9.17) is 4.98 Å². The molecule has 4 rings (SSSR count). The SMILES string of the molecule is CC1CCN(c2ncnc3c2nc2n3CCCC2)CC1. The topological polar surface area (TPSA) is 46.8 Å². The molecule has 20 heavy (non-hydrogen) atoms. The van der Waals surface area contributed by atoms with Crippen LogP contribution < -0.4 is 4.90 Å². The summed E-state index contributed by atoms with van der Waals surface area (Å²) < 4.78 is 2.29. The van der Waals surface area contributed by atoms with Crippen LogP contribution >= 0.6 is 0 Å². The minimum atomic E-state index is 0.832. The average Bonchev–Trinajstić information content (AvgIpc) is 2.87. The van der Waals surface area contributed by atoms with Gasteiger partial charge in [-0.1, -0.05) is 6.92 Å². The summed E-state index contributed by atoms with van der Waals surface area (Å²) in [4.78, 5) is 16.3. The van der Waals surface area contributed by atoms with E-state index in [0.29, 0.717) is 0 Å². The summed E-state index contributed by atoms with van der Waals surface area (Å²) in [5.41, 5.74) is 2.04. The van der Waals surface area contributed by atoms with E-state index in [2.05, 4.69) is 26.4 Å². The highest BCUT2D eigenvalue weighted by Gasteiger charge is 2.23. The summed E-state index contributed by atoms with van der Waals surface area (Å²) in [5.74, 6) is 3.07. The van der Waals surface area contributed by atoms with Crippen LogP contribution in [0.5, 0.6) is 0 Å². The third-order valence-corrected chi connectivity index (χ3v) is 4.71. The van der Waals surface area contributed by atoms with E-state index in [1.165, 1.54) is 31.5 Å². The zero-order valence-corrected chi connectivity index (χ0v) is 12.0. The predicted molar refractivity (Wildman–Crippen MR) is 78.9 cm³/mol. The van der Waals surface area contributed by atoms with E-state index in [1.54, 1.807) is 6.33 Å². The average molecular weight is 271 g/mol. The summed E-state index contributed by atoms with van der Waals surface area (Å²) in [6, 6.07) is 0. The maximum Gasteiger partial charge on any atom is 0.165 e. The van der Waals surface area contributed by atoms with Gasteiger partial charge in [-0.05, 0) is 31.6 Å². The van der Waals surface area contributed by atoms with Crippen LogP contribution in [0.4, 0.5) is 5.82 Å². The van der Waals surface area contributed by atoms with Crippen LogP contribution in [0.2, 0.25) is 0 Å². The van der Waals surface area contributed by atoms with Crippen molar-refractivity contribution in [3.63, 3.8) is 0 Å². The standard InChI is InChI=1S/C15H21N5/c1-11-5-8-19(9-6-11)14-13-15(17-10-16-14)20-7-3-2-4-12(20)18-13/h10-11H,2-9H2,1H3. The second-order valence-electron chi connectivity index (χ2n) is 6.18. The molecule has 5 heteroatoms. The highest BCUT2D eigenvalue weighted by atomic mass is 15.2. The van der Waals surface area contributed by atoms with Crippen molar-refractivity contribution < 1.29 is 0 Å². The van der Waals surface area contributed by atoms with Gasteiger partial charge in [0.25, 0.3) is 0 Å². The Morgan fingerprint density at radius 3 is 2.80 bits per heavy atom. The number of anilines is 1. The molecular weight excluding hydrogens is 250 g/mol. The highest BCUT2D eigenvalue weighted by Crippen LogP contribution is 2.29. The quantitative estimate of drug-likeness (QED) is 0.799. The first-order chi connectivity index (χ1) is 9.83. The fourth-order valence-corrected chi connectivity index (χ4v) is 3.40. The Balaban J connectivity index is 1.78. The second-order valence-corrected chi connectivity index (χ2v) is 6.18. The van der Waals surface area contributed by atoms with E-state index in [-0.39, 0.29) is 0 Å². The Labute approximate surface area is 119 Å². The van der Waals surface area contributed by atoms with Crippen molar-refractivity contribution in [3.05, 3.63) is 12.2 Å². The number of imidazole rings is 1. The summed E-state index contributed by atoms with van der Waals surface area (Å²) in [5, 5.41) is 0. The molecule has 0 unspecified atom stereocenters. The fraction of sp³-hybridized carbons (Fsp3) is 0.667. The van der Waals surface area contributed by atoms with Crippen LogP contribution in [0.1, 0.15) is 38.4 Å². The normalized spacial score (nSPS) is 20.4. The monoisotopic (exact) mass is 271 g/mol. The van der Waals surface area contributed by atoms with Gasteiger partial charge >= 0.3 is 0 Å². The molecule has 1 saturated heterocycles. The zero-order valence-electron chi connectivity index (χ0n) is 12.0. The first-order valence-corrected chi connectivity index (χ1v) is 7.78. The summed E-state index contributed by atoms with van der Waals surface area (Å²) in [6.45, 7) is 5.58. The van der Waals surface area contributed by atoms with Crippen LogP contribution in [0.3, 0.4) is 0 Å². The van der Waals surface area contributed by atoms with Gasteiger partial charge in [-0.3, -0.25) is 0 Å². The van der Waals surface area contributed by atoms with Gasteiger partial charge in [0.05, 0.1) is 0 Å². The smallest absolute Gasteiger partial charge is 0.165 e. The number of rotatable bonds is 1. The van der Waals surface area contributed by atoms with Crippen LogP contribution in [-0.2, 0) is 13.0 Å². The Morgan fingerprint density at radius 2 is 1.95 bits per heavy atom. The molecule has 2 aliphatic rings. The first-order valence-electron chi connectivity index (χ1n) is 7.78. The maximum absolute atomic E-state index is 4.84. The number of hydrogen-bond donors (Lipinski definition) is 0. The highest BCUT2D eigenvalue weighted by molar-refractivity contribution is 5.84. The maximum atomic E-state index is 4.84. The van der Waals surface area contributed by atoms with Crippen LogP contribution in [0, 0.1) is 5.92 Å². The minimum Gasteiger partial charge on any atom is -0.355 e. The number of nitrogens with zero attached hydrogens (tertiary/aromatic N) is 5. The zero-order chi connectivity index (χ0) is 13.5. The minimum absolute atomic E-state index is 0.832. The molecule has 4 heterocycles. The molecule has 0 aromatic carbocycles. The van der Waals surface area contributed by atoms with E-state index < -0.39 is 0 Å². The largest absolute Gasteiger partial charge is 0.355 e. The van der Waals surface area contributed by atoms with Gasteiger partial charge in [-0.2, -0.15) is 0 Å². The van der Waals surface area contributed by atoms with Gasteiger partial charge < -0.3 is 9.47 Å². The number of hydrogen-bond acceptors (Lipinski definition) is 4. The van der Waals surface area contributed by atoms with Crippen LogP contribution in [0.25, 0.3) is 11.2 Å². The third-order valence-electron chi connectivity index (χ3n) is 4.71. The lowest BCUT2D eigenvalue weighted by Gasteiger charge is -2.31. The molecule has 0 bridgehead atoms. The second kappa shape index (κ2) is 4.72. The van der Waals surface area contributed by atoms with Crippen molar-refractivity contribution in [1.82, 2.24) is 19.5 Å². The van der Waals surface area contributed by atoms with E-state index in [0.717, 1.165) is 49.0 Å². The Bertz CT molecular complexity index is 624. The third kappa shape index (κ3) is 1.87. The number of fused-ring (bicyclic) bond motifs is 3. The lowest BCUT2D eigenvalue weighted by Crippen LogP contribution is -2.33. The lowest BCUT2D eigenvalue weighted by atomic mass is 9.99. The Kier molecular flexibility index (Phi) is 2.86. The van der Waals surface area contributed by atoms with Crippen molar-refractivity contribution in [2.75, 3.05) is 18.0 Å². The molecule has 2 aromatic rings. The first kappa shape index (κ1) is 12.1. The number of aryl methyl sites for hydroxylation is 2. The number of aromatic nitrogens is 4. The molecule has 2 aromatic heterocycles. The molecule has 0 amide bonds. The molecule has 2 aliphatic heterocycles. The van der Waals surface area contributed by atoms with Gasteiger partial charge in [0, 0.05) is 26.1 Å². The van der Waals surface area contributed by atoms with Crippen molar-refractivity contribution >= 4 is 17.0 Å². The summed E-state index contributed by atoms with van der Waals surface area (Å²) >= 11 is 0. The molecule has 0 N–H and O–H groups in total. The molecular formula is C15H21N5. The van der Waals surface area contributed by atoms with E-state index >= 15 is 0 Å². The molecule has 0 saturated carbocycles. The summed E-state index contributed by atoms with van der Waals surface area (Å²) in [6.07, 6.45) is 7.76. The van der Waals surface area contributed by atoms with Crippen molar-refractivity contribution in [2.24, 2.45) is 5.92 Å². The molecule has 5 nitrogen and oxygen atoms in total. The molecule has 106 valence electrons. The molecule has 0 aliphatic carbocycles. The molecule has 0 radical (unpaired) electrons. The van der Waals surface area contributed by atoms with E-state index in [1.807, 2.05) is 0 Å². The van der Waals surface area contributed by atoms with Gasteiger partial charge in [-0.25, -0.2) is 15.0 Å². The Hall–Kier alpha value is -1.65.